The summed E-state index contributed by atoms with van der Waals surface area (Å²) in [4.78, 5) is 0. The van der Waals surface area contributed by atoms with E-state index in [0.29, 0.717) is 0 Å². The molecule has 0 aliphatic rings. The summed E-state index contributed by atoms with van der Waals surface area (Å²) in [5, 5.41) is 2.21. The first-order chi connectivity index (χ1) is 6.75. The predicted octanol–water partition coefficient (Wildman–Crippen LogP) is 4.39. The molecule has 0 saturated carbocycles. The van der Waals surface area contributed by atoms with E-state index in [1.165, 1.54) is 0 Å². The Labute approximate surface area is 107 Å². The van der Waals surface area contributed by atoms with Crippen molar-refractivity contribution >= 4 is 67.1 Å². The number of fused-ring (bicyclic) bond motifs is 2. The molecule has 3 aromatic rings. The van der Waals surface area contributed by atoms with Gasteiger partial charge in [-0.05, 0) is 40.8 Å². The van der Waals surface area contributed by atoms with Gasteiger partial charge in [0.2, 0.25) is 0 Å². The van der Waals surface area contributed by atoms with Crippen LogP contribution in [0.4, 0.5) is 0 Å². The summed E-state index contributed by atoms with van der Waals surface area (Å²) in [5.41, 5.74) is 1.83. The SMILES string of the molecule is Ic1oc2cc3ccoc3cc2c1I. The largest absolute Gasteiger partial charge is 0.464 e. The van der Waals surface area contributed by atoms with Crippen LogP contribution in [0.1, 0.15) is 0 Å². The molecule has 70 valence electrons. The van der Waals surface area contributed by atoms with Gasteiger partial charge in [0.15, 0.2) is 3.77 Å². The third-order valence-electron chi connectivity index (χ3n) is 2.16. The van der Waals surface area contributed by atoms with Gasteiger partial charge in [-0.1, -0.05) is 0 Å². The maximum atomic E-state index is 5.61. The first-order valence-electron chi connectivity index (χ1n) is 4.00. The number of hydrogen-bond acceptors (Lipinski definition) is 2. The minimum atomic E-state index is 0.910. The molecule has 4 heteroatoms. The van der Waals surface area contributed by atoms with Gasteiger partial charge in [0.05, 0.1) is 9.83 Å². The highest BCUT2D eigenvalue weighted by Gasteiger charge is 2.11. The standard InChI is InChI=1S/C10H4I2O2/c11-9-6-4-7-5(1-2-13-7)3-8(6)14-10(9)12/h1-4H. The quantitative estimate of drug-likeness (QED) is 0.515. The molecule has 0 spiro atoms. The van der Waals surface area contributed by atoms with Gasteiger partial charge in [-0.3, -0.25) is 0 Å². The van der Waals surface area contributed by atoms with Crippen molar-refractivity contribution in [3.63, 3.8) is 0 Å². The van der Waals surface area contributed by atoms with E-state index in [9.17, 15) is 0 Å². The Morgan fingerprint density at radius 2 is 1.93 bits per heavy atom. The first-order valence-corrected chi connectivity index (χ1v) is 6.16. The molecule has 2 nitrogen and oxygen atoms in total. The van der Waals surface area contributed by atoms with E-state index in [1.54, 1.807) is 6.26 Å². The summed E-state index contributed by atoms with van der Waals surface area (Å²) in [6.07, 6.45) is 1.70. The Morgan fingerprint density at radius 1 is 1.07 bits per heavy atom. The van der Waals surface area contributed by atoms with Crippen molar-refractivity contribution in [2.75, 3.05) is 0 Å². The van der Waals surface area contributed by atoms with Crippen LogP contribution in [0, 0.1) is 7.34 Å². The monoisotopic (exact) mass is 410 g/mol. The summed E-state index contributed by atoms with van der Waals surface area (Å²) < 4.78 is 13.0. The van der Waals surface area contributed by atoms with Crippen molar-refractivity contribution in [2.45, 2.75) is 0 Å². The van der Waals surface area contributed by atoms with E-state index < -0.39 is 0 Å². The molecule has 2 heterocycles. The van der Waals surface area contributed by atoms with Crippen LogP contribution in [-0.4, -0.2) is 0 Å². The fourth-order valence-electron chi connectivity index (χ4n) is 1.49. The molecule has 0 saturated heterocycles. The average Bonchev–Trinajstić information content (AvgIpc) is 2.70. The molecule has 0 atom stereocenters. The van der Waals surface area contributed by atoms with Crippen LogP contribution in [0.5, 0.6) is 0 Å². The van der Waals surface area contributed by atoms with Gasteiger partial charge in [-0.25, -0.2) is 0 Å². The van der Waals surface area contributed by atoms with Crippen LogP contribution in [0.3, 0.4) is 0 Å². The second-order valence-corrected chi connectivity index (χ2v) is 5.06. The molecule has 3 rings (SSSR count). The smallest absolute Gasteiger partial charge is 0.178 e. The number of halogens is 2. The molecule has 0 fully saturated rings. The van der Waals surface area contributed by atoms with Gasteiger partial charge >= 0.3 is 0 Å². The lowest BCUT2D eigenvalue weighted by molar-refractivity contribution is 0.581. The van der Waals surface area contributed by atoms with Gasteiger partial charge in [0, 0.05) is 33.4 Å². The van der Waals surface area contributed by atoms with Crippen LogP contribution < -0.4 is 0 Å². The minimum Gasteiger partial charge on any atom is -0.464 e. The van der Waals surface area contributed by atoms with Gasteiger partial charge in [0.25, 0.3) is 0 Å². The van der Waals surface area contributed by atoms with Crippen molar-refractivity contribution in [1.29, 1.82) is 0 Å². The second kappa shape index (κ2) is 3.13. The van der Waals surface area contributed by atoms with Crippen molar-refractivity contribution in [1.82, 2.24) is 0 Å². The summed E-state index contributed by atoms with van der Waals surface area (Å²) in [5.74, 6) is 0. The number of rotatable bonds is 0. The van der Waals surface area contributed by atoms with E-state index in [1.807, 2.05) is 18.2 Å². The number of furan rings is 2. The van der Waals surface area contributed by atoms with Crippen LogP contribution in [-0.2, 0) is 0 Å². The maximum Gasteiger partial charge on any atom is 0.178 e. The molecule has 0 aliphatic heterocycles. The molecule has 0 N–H and O–H groups in total. The minimum absolute atomic E-state index is 0.910. The Balaban J connectivity index is 2.56. The maximum absolute atomic E-state index is 5.61. The topological polar surface area (TPSA) is 26.3 Å². The van der Waals surface area contributed by atoms with E-state index in [-0.39, 0.29) is 0 Å². The summed E-state index contributed by atoms with van der Waals surface area (Å²) in [6, 6.07) is 5.98. The molecule has 0 unspecified atom stereocenters. The van der Waals surface area contributed by atoms with Crippen LogP contribution in [0.15, 0.2) is 33.3 Å². The fraction of sp³-hybridized carbons (Fsp3) is 0. The number of hydrogen-bond donors (Lipinski definition) is 0. The van der Waals surface area contributed by atoms with Crippen LogP contribution >= 0.6 is 45.2 Å². The average molecular weight is 410 g/mol. The molecule has 0 aliphatic carbocycles. The van der Waals surface area contributed by atoms with Crippen molar-refractivity contribution in [3.05, 3.63) is 31.8 Å². The lowest BCUT2D eigenvalue weighted by atomic mass is 10.2. The summed E-state index contributed by atoms with van der Waals surface area (Å²) in [7, 11) is 0. The highest BCUT2D eigenvalue weighted by atomic mass is 127. The molecule has 0 radical (unpaired) electrons. The van der Waals surface area contributed by atoms with E-state index in [4.69, 9.17) is 8.83 Å². The second-order valence-electron chi connectivity index (χ2n) is 3.00. The zero-order chi connectivity index (χ0) is 9.71. The Hall–Kier alpha value is -0.240. The van der Waals surface area contributed by atoms with Crippen LogP contribution in [0.2, 0.25) is 0 Å². The normalized spacial score (nSPS) is 11.6. The lowest BCUT2D eigenvalue weighted by Crippen LogP contribution is -1.69. The first kappa shape index (κ1) is 9.02. The Morgan fingerprint density at radius 3 is 2.79 bits per heavy atom. The fourth-order valence-corrected chi connectivity index (χ4v) is 2.55. The van der Waals surface area contributed by atoms with E-state index in [2.05, 4.69) is 45.2 Å². The third-order valence-corrected chi connectivity index (χ3v) is 5.03. The van der Waals surface area contributed by atoms with Crippen LogP contribution in [0.25, 0.3) is 21.9 Å². The van der Waals surface area contributed by atoms with Gasteiger partial charge in [0.1, 0.15) is 11.2 Å². The molecule has 0 amide bonds. The van der Waals surface area contributed by atoms with E-state index >= 15 is 0 Å². The zero-order valence-corrected chi connectivity index (χ0v) is 11.2. The molecule has 1 aromatic carbocycles. The lowest BCUT2D eigenvalue weighted by Gasteiger charge is -1.89. The molecular formula is C10H4I2O2. The number of benzene rings is 1. The highest BCUT2D eigenvalue weighted by Crippen LogP contribution is 2.32. The predicted molar refractivity (Wildman–Crippen MR) is 71.4 cm³/mol. The van der Waals surface area contributed by atoms with E-state index in [0.717, 1.165) is 29.3 Å². The van der Waals surface area contributed by atoms with Gasteiger partial charge in [-0.15, -0.1) is 0 Å². The summed E-state index contributed by atoms with van der Waals surface area (Å²) >= 11 is 4.48. The molecule has 14 heavy (non-hydrogen) atoms. The van der Waals surface area contributed by atoms with Crippen molar-refractivity contribution in [2.24, 2.45) is 0 Å². The molecular weight excluding hydrogens is 406 g/mol. The molecule has 0 bridgehead atoms. The third kappa shape index (κ3) is 1.19. The molecule has 2 aromatic heterocycles. The Kier molecular flexibility index (Phi) is 2.01. The van der Waals surface area contributed by atoms with Crippen molar-refractivity contribution < 1.29 is 8.83 Å². The summed E-state index contributed by atoms with van der Waals surface area (Å²) in [6.45, 7) is 0. The Bertz CT molecular complexity index is 621. The van der Waals surface area contributed by atoms with Gasteiger partial charge in [-0.2, -0.15) is 0 Å². The highest BCUT2D eigenvalue weighted by molar-refractivity contribution is 14.1. The zero-order valence-electron chi connectivity index (χ0n) is 6.88. The van der Waals surface area contributed by atoms with Crippen molar-refractivity contribution in [3.8, 4) is 0 Å². The van der Waals surface area contributed by atoms with Gasteiger partial charge < -0.3 is 8.83 Å².